The second kappa shape index (κ2) is 3.95. The highest BCUT2D eigenvalue weighted by Crippen LogP contribution is 2.37. The number of benzene rings is 1. The van der Waals surface area contributed by atoms with Gasteiger partial charge < -0.3 is 10.1 Å². The lowest BCUT2D eigenvalue weighted by molar-refractivity contribution is 0.00835. The monoisotopic (exact) mass is 205 g/mol. The molecule has 1 unspecified atom stereocenters. The van der Waals surface area contributed by atoms with E-state index in [0.29, 0.717) is 0 Å². The Morgan fingerprint density at radius 3 is 2.87 bits per heavy atom. The highest BCUT2D eigenvalue weighted by Gasteiger charge is 2.32. The molecule has 2 rings (SSSR count). The summed E-state index contributed by atoms with van der Waals surface area (Å²) >= 11 is 0. The number of hydrogen-bond donors (Lipinski definition) is 1. The minimum absolute atomic E-state index is 0.140. The fraction of sp³-hybridized carbons (Fsp3) is 0.538. The summed E-state index contributed by atoms with van der Waals surface area (Å²) in [5.74, 6) is 0. The first-order valence-electron chi connectivity index (χ1n) is 5.51. The summed E-state index contributed by atoms with van der Waals surface area (Å²) in [7, 11) is 1.96. The Balaban J connectivity index is 2.39. The third kappa shape index (κ3) is 1.92. The molecule has 0 saturated carbocycles. The van der Waals surface area contributed by atoms with Crippen LogP contribution in [0.4, 0.5) is 0 Å². The molecule has 1 heterocycles. The Morgan fingerprint density at radius 2 is 2.13 bits per heavy atom. The van der Waals surface area contributed by atoms with Crippen molar-refractivity contribution in [2.24, 2.45) is 0 Å². The van der Waals surface area contributed by atoms with Crippen molar-refractivity contribution in [3.8, 4) is 0 Å². The quantitative estimate of drug-likeness (QED) is 0.799. The average Bonchev–Trinajstić information content (AvgIpc) is 2.23. The van der Waals surface area contributed by atoms with E-state index in [0.717, 1.165) is 13.2 Å². The van der Waals surface area contributed by atoms with Gasteiger partial charge in [-0.3, -0.25) is 0 Å². The molecule has 15 heavy (non-hydrogen) atoms. The predicted octanol–water partition coefficient (Wildman–Crippen LogP) is 2.25. The van der Waals surface area contributed by atoms with Crippen LogP contribution in [0.5, 0.6) is 0 Å². The molecule has 1 aliphatic heterocycles. The normalized spacial score (nSPS) is 23.5. The van der Waals surface area contributed by atoms with Gasteiger partial charge >= 0.3 is 0 Å². The molecule has 0 saturated heterocycles. The maximum atomic E-state index is 5.90. The second-order valence-corrected chi connectivity index (χ2v) is 4.83. The summed E-state index contributed by atoms with van der Waals surface area (Å²) in [6.07, 6.45) is 0.208. The van der Waals surface area contributed by atoms with Gasteiger partial charge in [0.2, 0.25) is 0 Å². The molecule has 0 radical (unpaired) electrons. The van der Waals surface area contributed by atoms with Gasteiger partial charge in [0.25, 0.3) is 0 Å². The maximum absolute atomic E-state index is 5.90. The van der Waals surface area contributed by atoms with Crippen molar-refractivity contribution in [2.75, 3.05) is 20.2 Å². The van der Waals surface area contributed by atoms with Gasteiger partial charge in [0.15, 0.2) is 0 Å². The summed E-state index contributed by atoms with van der Waals surface area (Å²) in [6, 6.07) is 8.60. The van der Waals surface area contributed by atoms with Crippen LogP contribution >= 0.6 is 0 Å². The number of rotatable bonds is 2. The van der Waals surface area contributed by atoms with Crippen LogP contribution in [0.2, 0.25) is 0 Å². The molecular weight excluding hydrogens is 186 g/mol. The highest BCUT2D eigenvalue weighted by molar-refractivity contribution is 5.37. The molecule has 2 nitrogen and oxygen atoms in total. The third-order valence-electron chi connectivity index (χ3n) is 3.07. The molecule has 0 bridgehead atoms. The predicted molar refractivity (Wildman–Crippen MR) is 62.1 cm³/mol. The van der Waals surface area contributed by atoms with Crippen LogP contribution in [0.3, 0.4) is 0 Å². The van der Waals surface area contributed by atoms with Crippen LogP contribution in [0, 0.1) is 0 Å². The zero-order valence-electron chi connectivity index (χ0n) is 9.71. The van der Waals surface area contributed by atoms with Crippen LogP contribution in [-0.4, -0.2) is 20.2 Å². The van der Waals surface area contributed by atoms with Crippen LogP contribution in [0.1, 0.15) is 31.1 Å². The van der Waals surface area contributed by atoms with Gasteiger partial charge in [0, 0.05) is 12.0 Å². The number of ether oxygens (including phenoxy) is 1. The smallest absolute Gasteiger partial charge is 0.0952 e. The first-order valence-corrected chi connectivity index (χ1v) is 5.51. The van der Waals surface area contributed by atoms with Crippen LogP contribution in [0.15, 0.2) is 24.3 Å². The van der Waals surface area contributed by atoms with Gasteiger partial charge in [-0.25, -0.2) is 0 Å². The molecule has 1 aromatic rings. The molecule has 82 valence electrons. The Kier molecular flexibility index (Phi) is 2.81. The summed E-state index contributed by atoms with van der Waals surface area (Å²) in [4.78, 5) is 0. The standard InChI is InChI=1S/C13H19NO/c1-13(2)9-15-12(8-14-3)10-6-4-5-7-11(10)13/h4-7,12,14H,8-9H2,1-3H3. The number of hydrogen-bond acceptors (Lipinski definition) is 2. The largest absolute Gasteiger partial charge is 0.371 e. The zero-order chi connectivity index (χ0) is 10.9. The van der Waals surface area contributed by atoms with Gasteiger partial charge in [0.1, 0.15) is 0 Å². The Hall–Kier alpha value is -0.860. The molecule has 1 N–H and O–H groups in total. The molecule has 1 aliphatic rings. The van der Waals surface area contributed by atoms with E-state index in [1.54, 1.807) is 0 Å². The molecule has 2 heteroatoms. The summed E-state index contributed by atoms with van der Waals surface area (Å²) < 4.78 is 5.90. The number of nitrogens with one attached hydrogen (secondary N) is 1. The molecular formula is C13H19NO. The van der Waals surface area contributed by atoms with Crippen molar-refractivity contribution < 1.29 is 4.74 Å². The first kappa shape index (κ1) is 10.7. The molecule has 0 spiro atoms. The Labute approximate surface area is 91.6 Å². The molecule has 0 aromatic heterocycles. The Bertz CT molecular complexity index is 346. The lowest BCUT2D eigenvalue weighted by Gasteiger charge is -2.37. The fourth-order valence-electron chi connectivity index (χ4n) is 2.22. The van der Waals surface area contributed by atoms with E-state index < -0.39 is 0 Å². The zero-order valence-corrected chi connectivity index (χ0v) is 9.71. The van der Waals surface area contributed by atoms with Crippen molar-refractivity contribution in [3.63, 3.8) is 0 Å². The van der Waals surface area contributed by atoms with Crippen LogP contribution in [-0.2, 0) is 10.2 Å². The van der Waals surface area contributed by atoms with Crippen molar-refractivity contribution >= 4 is 0 Å². The van der Waals surface area contributed by atoms with E-state index in [9.17, 15) is 0 Å². The van der Waals surface area contributed by atoms with E-state index in [1.165, 1.54) is 11.1 Å². The van der Waals surface area contributed by atoms with Crippen molar-refractivity contribution in [1.82, 2.24) is 5.32 Å². The molecule has 0 aliphatic carbocycles. The highest BCUT2D eigenvalue weighted by atomic mass is 16.5. The average molecular weight is 205 g/mol. The SMILES string of the molecule is CNCC1OCC(C)(C)c2ccccc21. The van der Waals surface area contributed by atoms with Crippen molar-refractivity contribution in [2.45, 2.75) is 25.4 Å². The van der Waals surface area contributed by atoms with E-state index >= 15 is 0 Å². The Morgan fingerprint density at radius 1 is 1.40 bits per heavy atom. The first-order chi connectivity index (χ1) is 7.15. The van der Waals surface area contributed by atoms with E-state index in [2.05, 4.69) is 43.4 Å². The fourth-order valence-corrected chi connectivity index (χ4v) is 2.22. The summed E-state index contributed by atoms with van der Waals surface area (Å²) in [5, 5.41) is 3.18. The van der Waals surface area contributed by atoms with Gasteiger partial charge in [0.05, 0.1) is 12.7 Å². The van der Waals surface area contributed by atoms with E-state index in [-0.39, 0.29) is 11.5 Å². The molecule has 0 amide bonds. The molecule has 1 aromatic carbocycles. The topological polar surface area (TPSA) is 21.3 Å². The van der Waals surface area contributed by atoms with Gasteiger partial charge in [-0.1, -0.05) is 38.1 Å². The second-order valence-electron chi connectivity index (χ2n) is 4.83. The lowest BCUT2D eigenvalue weighted by Crippen LogP contribution is -2.35. The van der Waals surface area contributed by atoms with Gasteiger partial charge in [-0.05, 0) is 18.2 Å². The maximum Gasteiger partial charge on any atom is 0.0952 e. The van der Waals surface area contributed by atoms with Crippen LogP contribution in [0.25, 0.3) is 0 Å². The molecule has 1 atom stereocenters. The molecule has 0 fully saturated rings. The lowest BCUT2D eigenvalue weighted by atomic mass is 9.79. The van der Waals surface area contributed by atoms with Gasteiger partial charge in [-0.15, -0.1) is 0 Å². The summed E-state index contributed by atoms with van der Waals surface area (Å²) in [6.45, 7) is 6.16. The minimum atomic E-state index is 0.140. The van der Waals surface area contributed by atoms with Gasteiger partial charge in [-0.2, -0.15) is 0 Å². The van der Waals surface area contributed by atoms with Crippen molar-refractivity contribution in [1.29, 1.82) is 0 Å². The summed E-state index contributed by atoms with van der Waals surface area (Å²) in [5.41, 5.74) is 2.90. The van der Waals surface area contributed by atoms with E-state index in [4.69, 9.17) is 4.74 Å². The number of fused-ring (bicyclic) bond motifs is 1. The van der Waals surface area contributed by atoms with Crippen molar-refractivity contribution in [3.05, 3.63) is 35.4 Å². The van der Waals surface area contributed by atoms with Crippen LogP contribution < -0.4 is 5.32 Å². The van der Waals surface area contributed by atoms with E-state index in [1.807, 2.05) is 7.05 Å². The number of likely N-dealkylation sites (N-methyl/N-ethyl adjacent to an activating group) is 1. The third-order valence-corrected chi connectivity index (χ3v) is 3.07. The minimum Gasteiger partial charge on any atom is -0.371 e.